The number of nitrogens with two attached hydrogens (primary N) is 1. The highest BCUT2D eigenvalue weighted by atomic mass is 35.5. The molecule has 0 aliphatic carbocycles. The summed E-state index contributed by atoms with van der Waals surface area (Å²) in [4.78, 5) is 50.1. The fraction of sp³-hybridized carbons (Fsp3) is 0.214. The van der Waals surface area contributed by atoms with Crippen molar-refractivity contribution in [2.45, 2.75) is 37.8 Å². The van der Waals surface area contributed by atoms with Crippen molar-refractivity contribution >= 4 is 51.6 Å². The van der Waals surface area contributed by atoms with Crippen molar-refractivity contribution in [1.29, 1.82) is 5.26 Å². The molecule has 6 aromatic heterocycles. The van der Waals surface area contributed by atoms with E-state index in [1.165, 1.54) is 12.7 Å². The van der Waals surface area contributed by atoms with Gasteiger partial charge in [0, 0.05) is 43.3 Å². The van der Waals surface area contributed by atoms with Crippen LogP contribution in [0.15, 0.2) is 107 Å². The molecule has 0 unspecified atom stereocenters. The topological polar surface area (TPSA) is 208 Å². The van der Waals surface area contributed by atoms with E-state index in [9.17, 15) is 14.9 Å². The number of hydrogen-bond donors (Lipinski definition) is 2. The summed E-state index contributed by atoms with van der Waals surface area (Å²) in [5.74, 6) is 2.65. The molecule has 0 radical (unpaired) electrons. The molecule has 2 aromatic carbocycles. The molecular formula is C42H36ClN15O3. The predicted octanol–water partition coefficient (Wildman–Crippen LogP) is 5.41. The molecule has 2 saturated heterocycles. The highest BCUT2D eigenvalue weighted by Gasteiger charge is 2.36. The lowest BCUT2D eigenvalue weighted by Gasteiger charge is -2.28. The van der Waals surface area contributed by atoms with Crippen LogP contribution in [0, 0.1) is 11.3 Å². The molecule has 0 bridgehead atoms. The molecule has 19 heteroatoms. The Balaban J connectivity index is 1.04. The van der Waals surface area contributed by atoms with Crippen LogP contribution in [0.5, 0.6) is 5.75 Å². The van der Waals surface area contributed by atoms with Crippen LogP contribution in [0.2, 0.25) is 5.02 Å². The summed E-state index contributed by atoms with van der Waals surface area (Å²) < 4.78 is 12.2. The molecule has 0 saturated carbocycles. The number of fused-ring (bicyclic) bond motifs is 2. The number of anilines is 5. The van der Waals surface area contributed by atoms with E-state index < -0.39 is 6.04 Å². The number of ether oxygens (including phenoxy) is 1. The summed E-state index contributed by atoms with van der Waals surface area (Å²) in [5.41, 5.74) is 8.27. The molecule has 2 aliphatic heterocycles. The predicted molar refractivity (Wildman–Crippen MR) is 228 cm³/mol. The maximum atomic E-state index is 14.5. The molecule has 18 nitrogen and oxygen atoms in total. The minimum absolute atomic E-state index is 0.0715. The Morgan fingerprint density at radius 3 is 2.02 bits per heavy atom. The standard InChI is InChI=1S/C42H36ClN15O3/c1-61-28-20-25(19-27(21-28)58-39(52-56-18-8-14-33(56)42(58)60)30-11-5-15-53(30)37-29(22-44)35(45)46-23-48-37)50-36-34(43)40(49-24-47-36)54-16-6-12-31(54)38-51-55-17-7-13-32(55)41(59)57(38)26-9-3-2-4-10-26/h2-4,7-10,13-14,17-21,23-24,30-31H,5-6,11-12,15-16H2,1H3,(H2,45,46,48)(H,47,49,50)/t30-,31-/m0/s1. The Kier molecular flexibility index (Phi) is 9.29. The number of rotatable bonds is 9. The van der Waals surface area contributed by atoms with Gasteiger partial charge in [-0.2, -0.15) is 15.5 Å². The van der Waals surface area contributed by atoms with E-state index >= 15 is 0 Å². The van der Waals surface area contributed by atoms with Gasteiger partial charge in [0.1, 0.15) is 51.9 Å². The van der Waals surface area contributed by atoms with Gasteiger partial charge < -0.3 is 25.6 Å². The largest absolute Gasteiger partial charge is 0.497 e. The van der Waals surface area contributed by atoms with Crippen LogP contribution in [-0.4, -0.2) is 68.5 Å². The number of nitrogens with zero attached hydrogens (tertiary/aromatic N) is 13. The summed E-state index contributed by atoms with van der Waals surface area (Å²) in [6.45, 7) is 1.16. The summed E-state index contributed by atoms with van der Waals surface area (Å²) in [6, 6.07) is 23.2. The normalized spacial score (nSPS) is 16.4. The maximum absolute atomic E-state index is 14.5. The molecule has 3 N–H and O–H groups in total. The first-order valence-corrected chi connectivity index (χ1v) is 20.0. The Bertz CT molecular complexity index is 3150. The average molecular weight is 834 g/mol. The lowest BCUT2D eigenvalue weighted by atomic mass is 10.1. The Hall–Kier alpha value is -7.78. The average Bonchev–Trinajstić information content (AvgIpc) is 4.12. The Morgan fingerprint density at radius 2 is 1.38 bits per heavy atom. The van der Waals surface area contributed by atoms with Crippen molar-refractivity contribution in [1.82, 2.24) is 48.3 Å². The third-order valence-electron chi connectivity index (χ3n) is 11.2. The van der Waals surface area contributed by atoms with E-state index in [0.29, 0.717) is 88.9 Å². The number of hydrogen-bond acceptors (Lipinski definition) is 14. The van der Waals surface area contributed by atoms with Gasteiger partial charge >= 0.3 is 0 Å². The van der Waals surface area contributed by atoms with Crippen molar-refractivity contribution in [3.8, 4) is 23.2 Å². The van der Waals surface area contributed by atoms with Crippen LogP contribution in [0.1, 0.15) is 55.0 Å². The van der Waals surface area contributed by atoms with Crippen LogP contribution in [0.3, 0.4) is 0 Å². The van der Waals surface area contributed by atoms with Crippen molar-refractivity contribution in [2.75, 3.05) is 41.0 Å². The van der Waals surface area contributed by atoms with E-state index in [0.717, 1.165) is 12.8 Å². The molecule has 8 aromatic rings. The number of nitrogen functional groups attached to an aromatic ring is 1. The van der Waals surface area contributed by atoms with E-state index in [1.54, 1.807) is 80.1 Å². The van der Waals surface area contributed by atoms with E-state index in [2.05, 4.69) is 36.2 Å². The highest BCUT2D eigenvalue weighted by Crippen LogP contribution is 2.41. The molecular weight excluding hydrogens is 798 g/mol. The van der Waals surface area contributed by atoms with Gasteiger partial charge in [-0.1, -0.05) is 29.8 Å². The zero-order chi connectivity index (χ0) is 41.8. The number of methoxy groups -OCH3 is 1. The van der Waals surface area contributed by atoms with Crippen molar-refractivity contribution in [2.24, 2.45) is 0 Å². The quantitative estimate of drug-likeness (QED) is 0.187. The lowest BCUT2D eigenvalue weighted by molar-refractivity contribution is 0.414. The molecule has 10 rings (SSSR count). The number of para-hydroxylation sites is 1. The molecule has 2 fully saturated rings. The summed E-state index contributed by atoms with van der Waals surface area (Å²) >= 11 is 7.22. The number of halogens is 1. The zero-order valence-corrected chi connectivity index (χ0v) is 33.4. The number of aromatic nitrogens is 10. The molecule has 304 valence electrons. The van der Waals surface area contributed by atoms with E-state index in [4.69, 9.17) is 32.3 Å². The first kappa shape index (κ1) is 37.5. The third kappa shape index (κ3) is 6.33. The monoisotopic (exact) mass is 833 g/mol. The summed E-state index contributed by atoms with van der Waals surface area (Å²) in [5, 5.41) is 23.5. The number of benzene rings is 2. The molecule has 0 amide bonds. The van der Waals surface area contributed by atoms with Crippen LogP contribution < -0.4 is 36.7 Å². The first-order chi connectivity index (χ1) is 29.8. The SMILES string of the molecule is COc1cc(Nc2ncnc(N3CCC[C@H]3c3nn4cccc4c(=O)n3-c3ccccc3)c2Cl)cc(-n2c([C@@H]3CCCN3c3ncnc(N)c3C#N)nn3cccc3c2=O)c1. The molecule has 2 atom stereocenters. The minimum Gasteiger partial charge on any atom is -0.497 e. The van der Waals surface area contributed by atoms with Gasteiger partial charge in [0.15, 0.2) is 29.1 Å². The van der Waals surface area contributed by atoms with Gasteiger partial charge in [-0.05, 0) is 68.1 Å². The molecule has 0 spiro atoms. The number of nitriles is 1. The second-order valence-corrected chi connectivity index (χ2v) is 15.1. The van der Waals surface area contributed by atoms with E-state index in [-0.39, 0.29) is 33.6 Å². The van der Waals surface area contributed by atoms with Crippen LogP contribution in [-0.2, 0) is 0 Å². The van der Waals surface area contributed by atoms with Crippen molar-refractivity contribution < 1.29 is 4.74 Å². The van der Waals surface area contributed by atoms with Gasteiger partial charge in [-0.3, -0.25) is 18.7 Å². The second kappa shape index (κ2) is 15.1. The van der Waals surface area contributed by atoms with Crippen molar-refractivity contribution in [3.05, 3.63) is 141 Å². The maximum Gasteiger partial charge on any atom is 0.282 e. The Labute approximate surface area is 351 Å². The summed E-state index contributed by atoms with van der Waals surface area (Å²) in [7, 11) is 1.54. The fourth-order valence-electron chi connectivity index (χ4n) is 8.49. The molecule has 8 heterocycles. The van der Waals surface area contributed by atoms with Gasteiger partial charge in [-0.25, -0.2) is 29.0 Å². The van der Waals surface area contributed by atoms with Gasteiger partial charge in [0.25, 0.3) is 11.1 Å². The smallest absolute Gasteiger partial charge is 0.282 e. The van der Waals surface area contributed by atoms with Crippen molar-refractivity contribution in [3.63, 3.8) is 0 Å². The second-order valence-electron chi connectivity index (χ2n) is 14.7. The molecule has 2 aliphatic rings. The zero-order valence-electron chi connectivity index (χ0n) is 32.6. The highest BCUT2D eigenvalue weighted by molar-refractivity contribution is 6.35. The minimum atomic E-state index is -0.457. The number of nitrogens with one attached hydrogen (secondary N) is 1. The van der Waals surface area contributed by atoms with Crippen LogP contribution in [0.4, 0.5) is 29.0 Å². The summed E-state index contributed by atoms with van der Waals surface area (Å²) in [6.07, 6.45) is 9.13. The van der Waals surface area contributed by atoms with E-state index in [1.807, 2.05) is 35.2 Å². The Morgan fingerprint density at radius 1 is 0.770 bits per heavy atom. The first-order valence-electron chi connectivity index (χ1n) is 19.6. The van der Waals surface area contributed by atoms with Crippen LogP contribution in [0.25, 0.3) is 22.4 Å². The van der Waals surface area contributed by atoms with Crippen LogP contribution >= 0.6 is 11.6 Å². The fourth-order valence-corrected chi connectivity index (χ4v) is 8.74. The van der Waals surface area contributed by atoms with Gasteiger partial charge in [-0.15, -0.1) is 0 Å². The lowest BCUT2D eigenvalue weighted by Crippen LogP contribution is -2.33. The third-order valence-corrected chi connectivity index (χ3v) is 11.6. The molecule has 61 heavy (non-hydrogen) atoms. The van der Waals surface area contributed by atoms with Gasteiger partial charge in [0.2, 0.25) is 0 Å². The van der Waals surface area contributed by atoms with Gasteiger partial charge in [0.05, 0.1) is 30.6 Å².